The third-order valence-electron chi connectivity index (χ3n) is 1.61. The second-order valence-electron chi connectivity index (χ2n) is 2.98. The highest BCUT2D eigenvalue weighted by atomic mass is 16.2. The maximum atomic E-state index is 10.6. The van der Waals surface area contributed by atoms with E-state index in [1.807, 2.05) is 13.8 Å². The summed E-state index contributed by atoms with van der Waals surface area (Å²) in [4.78, 5) is 21.2. The number of hydrogen-bond donors (Lipinski definition) is 2. The van der Waals surface area contributed by atoms with Crippen LogP contribution in [0.4, 0.5) is 0 Å². The van der Waals surface area contributed by atoms with Gasteiger partial charge in [-0.1, -0.05) is 0 Å². The lowest BCUT2D eigenvalue weighted by atomic mass is 10.1. The fourth-order valence-electron chi connectivity index (χ4n) is 0.891. The average Bonchev–Trinajstić information content (AvgIpc) is 1.84. The second kappa shape index (κ2) is 4.74. The van der Waals surface area contributed by atoms with Gasteiger partial charge in [0.05, 0.1) is 0 Å². The van der Waals surface area contributed by atoms with Crippen LogP contribution in [0.15, 0.2) is 0 Å². The first-order valence-corrected chi connectivity index (χ1v) is 3.97. The monoisotopic (exact) mass is 172 g/mol. The third-order valence-corrected chi connectivity index (χ3v) is 1.61. The number of nitrogens with one attached hydrogen (secondary N) is 2. The van der Waals surface area contributed by atoms with E-state index in [4.69, 9.17) is 0 Å². The zero-order valence-electron chi connectivity index (χ0n) is 7.97. The van der Waals surface area contributed by atoms with Gasteiger partial charge in [-0.05, 0) is 13.8 Å². The molecule has 0 radical (unpaired) electrons. The molecular formula is C8H16N2O2. The molecule has 2 unspecified atom stereocenters. The van der Waals surface area contributed by atoms with Gasteiger partial charge in [-0.15, -0.1) is 0 Å². The number of carbonyl (C=O) groups is 2. The molecule has 4 nitrogen and oxygen atoms in total. The van der Waals surface area contributed by atoms with Gasteiger partial charge in [-0.2, -0.15) is 0 Å². The molecule has 0 heterocycles. The maximum absolute atomic E-state index is 10.6. The van der Waals surface area contributed by atoms with Crippen molar-refractivity contribution < 1.29 is 9.59 Å². The molecule has 12 heavy (non-hydrogen) atoms. The summed E-state index contributed by atoms with van der Waals surface area (Å²) in [5, 5.41) is 5.39. The average molecular weight is 172 g/mol. The highest BCUT2D eigenvalue weighted by Gasteiger charge is 2.12. The zero-order valence-corrected chi connectivity index (χ0v) is 7.97. The molecule has 0 aromatic rings. The van der Waals surface area contributed by atoms with Crippen LogP contribution in [0.1, 0.15) is 27.7 Å². The van der Waals surface area contributed by atoms with Crippen molar-refractivity contribution in [1.29, 1.82) is 0 Å². The lowest BCUT2D eigenvalue weighted by Gasteiger charge is -2.20. The molecule has 0 saturated heterocycles. The predicted octanol–water partition coefficient (Wildman–Crippen LogP) is 0.0356. The van der Waals surface area contributed by atoms with Crippen LogP contribution in [-0.4, -0.2) is 23.9 Å². The van der Waals surface area contributed by atoms with Gasteiger partial charge in [-0.25, -0.2) is 0 Å². The minimum atomic E-state index is -0.0836. The smallest absolute Gasteiger partial charge is 0.217 e. The number of carbonyl (C=O) groups excluding carboxylic acids is 2. The van der Waals surface area contributed by atoms with Crippen LogP contribution in [0.25, 0.3) is 0 Å². The van der Waals surface area contributed by atoms with E-state index in [0.717, 1.165) is 0 Å². The molecule has 0 aliphatic carbocycles. The number of rotatable bonds is 3. The molecule has 0 saturated carbocycles. The minimum absolute atomic E-state index is 0.0357. The highest BCUT2D eigenvalue weighted by Crippen LogP contribution is 1.90. The van der Waals surface area contributed by atoms with E-state index in [0.29, 0.717) is 0 Å². The molecule has 0 fully saturated rings. The van der Waals surface area contributed by atoms with E-state index in [9.17, 15) is 9.59 Å². The summed E-state index contributed by atoms with van der Waals surface area (Å²) >= 11 is 0. The van der Waals surface area contributed by atoms with Crippen molar-refractivity contribution in [3.8, 4) is 0 Å². The molecule has 0 aromatic heterocycles. The lowest BCUT2D eigenvalue weighted by molar-refractivity contribution is -0.122. The number of amides is 2. The second-order valence-corrected chi connectivity index (χ2v) is 2.98. The summed E-state index contributed by atoms with van der Waals surface area (Å²) in [5.74, 6) is -0.167. The van der Waals surface area contributed by atoms with E-state index in [2.05, 4.69) is 10.6 Å². The third kappa shape index (κ3) is 4.71. The van der Waals surface area contributed by atoms with Gasteiger partial charge in [0.1, 0.15) is 0 Å². The van der Waals surface area contributed by atoms with Gasteiger partial charge in [0.15, 0.2) is 0 Å². The predicted molar refractivity (Wildman–Crippen MR) is 46.6 cm³/mol. The van der Waals surface area contributed by atoms with Crippen LogP contribution < -0.4 is 10.6 Å². The first-order valence-electron chi connectivity index (χ1n) is 3.97. The molecule has 4 heteroatoms. The Balaban J connectivity index is 3.83. The SMILES string of the molecule is CC(=O)NC(C)C(C)NC(C)=O. The summed E-state index contributed by atoms with van der Waals surface area (Å²) in [5.41, 5.74) is 0. The summed E-state index contributed by atoms with van der Waals surface area (Å²) in [6, 6.07) is -0.0715. The Morgan fingerprint density at radius 2 is 1.17 bits per heavy atom. The molecule has 0 aliphatic heterocycles. The topological polar surface area (TPSA) is 58.2 Å². The van der Waals surface area contributed by atoms with E-state index < -0.39 is 0 Å². The van der Waals surface area contributed by atoms with Gasteiger partial charge in [-0.3, -0.25) is 9.59 Å². The van der Waals surface area contributed by atoms with Crippen molar-refractivity contribution in [2.24, 2.45) is 0 Å². The van der Waals surface area contributed by atoms with Crippen molar-refractivity contribution in [3.05, 3.63) is 0 Å². The maximum Gasteiger partial charge on any atom is 0.217 e. The first-order chi connectivity index (χ1) is 5.43. The lowest BCUT2D eigenvalue weighted by Crippen LogP contribution is -2.47. The minimum Gasteiger partial charge on any atom is -0.352 e. The Morgan fingerprint density at radius 1 is 0.917 bits per heavy atom. The quantitative estimate of drug-likeness (QED) is 0.631. The fraction of sp³-hybridized carbons (Fsp3) is 0.750. The Labute approximate surface area is 72.7 Å². The van der Waals surface area contributed by atoms with E-state index in [1.165, 1.54) is 13.8 Å². The molecule has 2 N–H and O–H groups in total. The molecule has 0 bridgehead atoms. The fourth-order valence-corrected chi connectivity index (χ4v) is 0.891. The number of hydrogen-bond acceptors (Lipinski definition) is 2. The van der Waals surface area contributed by atoms with Crippen LogP contribution in [0.3, 0.4) is 0 Å². The molecular weight excluding hydrogens is 156 g/mol. The molecule has 70 valence electrons. The van der Waals surface area contributed by atoms with Crippen LogP contribution >= 0.6 is 0 Å². The van der Waals surface area contributed by atoms with Crippen molar-refractivity contribution in [1.82, 2.24) is 10.6 Å². The highest BCUT2D eigenvalue weighted by molar-refractivity contribution is 5.74. The standard InChI is InChI=1S/C8H16N2O2/c1-5(9-7(3)11)6(2)10-8(4)12/h5-6H,1-4H3,(H,9,11)(H,10,12). The van der Waals surface area contributed by atoms with Crippen molar-refractivity contribution in [2.45, 2.75) is 39.8 Å². The zero-order chi connectivity index (χ0) is 9.72. The van der Waals surface area contributed by atoms with Gasteiger partial charge in [0, 0.05) is 25.9 Å². The summed E-state index contributed by atoms with van der Waals surface area (Å²) < 4.78 is 0. The van der Waals surface area contributed by atoms with E-state index in [1.54, 1.807) is 0 Å². The van der Waals surface area contributed by atoms with Crippen molar-refractivity contribution in [3.63, 3.8) is 0 Å². The van der Waals surface area contributed by atoms with E-state index in [-0.39, 0.29) is 23.9 Å². The van der Waals surface area contributed by atoms with Crippen molar-refractivity contribution in [2.75, 3.05) is 0 Å². The normalized spacial score (nSPS) is 14.7. The summed E-state index contributed by atoms with van der Waals surface area (Å²) in [7, 11) is 0. The Morgan fingerprint density at radius 3 is 1.33 bits per heavy atom. The molecule has 0 rings (SSSR count). The van der Waals surface area contributed by atoms with Crippen LogP contribution in [0.5, 0.6) is 0 Å². The molecule has 2 atom stereocenters. The molecule has 2 amide bonds. The Hall–Kier alpha value is -1.06. The van der Waals surface area contributed by atoms with Crippen LogP contribution in [-0.2, 0) is 9.59 Å². The van der Waals surface area contributed by atoms with Gasteiger partial charge in [0.2, 0.25) is 11.8 Å². The van der Waals surface area contributed by atoms with Crippen LogP contribution in [0.2, 0.25) is 0 Å². The molecule has 0 aromatic carbocycles. The van der Waals surface area contributed by atoms with Gasteiger partial charge in [0.25, 0.3) is 0 Å². The molecule has 0 aliphatic rings. The van der Waals surface area contributed by atoms with E-state index >= 15 is 0 Å². The van der Waals surface area contributed by atoms with Gasteiger partial charge < -0.3 is 10.6 Å². The largest absolute Gasteiger partial charge is 0.352 e. The Kier molecular flexibility index (Phi) is 4.33. The van der Waals surface area contributed by atoms with Crippen LogP contribution in [0, 0.1) is 0 Å². The van der Waals surface area contributed by atoms with Gasteiger partial charge >= 0.3 is 0 Å². The Bertz CT molecular complexity index is 160. The summed E-state index contributed by atoms with van der Waals surface area (Å²) in [6.45, 7) is 6.61. The summed E-state index contributed by atoms with van der Waals surface area (Å²) in [6.07, 6.45) is 0. The van der Waals surface area contributed by atoms with Crippen molar-refractivity contribution >= 4 is 11.8 Å². The molecule has 0 spiro atoms. The first kappa shape index (κ1) is 10.9.